The van der Waals surface area contributed by atoms with E-state index in [-0.39, 0.29) is 35.2 Å². The molecule has 49 heavy (non-hydrogen) atoms. The molecule has 1 aliphatic rings. The highest BCUT2D eigenvalue weighted by molar-refractivity contribution is 7.89. The SMILES string of the molecule is C=Cc1c(Cc2cccc3ccccc23)c(-c2cccc(C(F)(F)F)c2)c2n(c1=O)C(C(=O)O)C(C)N(Cc1ccc(OC)cc1)S2(=O)=O. The van der Waals surface area contributed by atoms with E-state index in [0.29, 0.717) is 21.4 Å². The highest BCUT2D eigenvalue weighted by Crippen LogP contribution is 2.43. The van der Waals surface area contributed by atoms with Gasteiger partial charge in [-0.25, -0.2) is 13.2 Å². The van der Waals surface area contributed by atoms with Gasteiger partial charge in [-0.2, -0.15) is 17.5 Å². The maximum Gasteiger partial charge on any atom is 0.416 e. The Bertz CT molecular complexity index is 2280. The van der Waals surface area contributed by atoms with Gasteiger partial charge in [-0.05, 0) is 70.6 Å². The zero-order chi connectivity index (χ0) is 35.2. The molecule has 0 fully saturated rings. The number of fused-ring (bicyclic) bond motifs is 2. The highest BCUT2D eigenvalue weighted by atomic mass is 32.2. The standard InChI is InChI=1S/C37H31F3N2O6S/c1-4-29-31(20-25-11-7-10-24-9-5-6-14-30(24)25)32(26-12-8-13-27(19-26)37(38,39)40)35-42(34(29)43)33(36(44)45)22(2)41(49(35,46)47)21-23-15-17-28(48-3)18-16-23/h4-19,22,33H,1,20-21H2,2-3H3,(H,44,45). The number of hydrogen-bond acceptors (Lipinski definition) is 5. The Kier molecular flexibility index (Phi) is 8.72. The second-order valence-electron chi connectivity index (χ2n) is 11.8. The van der Waals surface area contributed by atoms with Crippen molar-refractivity contribution < 1.29 is 36.2 Å². The second-order valence-corrected chi connectivity index (χ2v) is 13.6. The molecular formula is C37H31F3N2O6S. The van der Waals surface area contributed by atoms with Gasteiger partial charge in [-0.3, -0.25) is 9.36 Å². The van der Waals surface area contributed by atoms with E-state index in [1.165, 1.54) is 26.2 Å². The van der Waals surface area contributed by atoms with Crippen LogP contribution in [0.2, 0.25) is 0 Å². The van der Waals surface area contributed by atoms with Crippen molar-refractivity contribution >= 4 is 32.8 Å². The van der Waals surface area contributed by atoms with E-state index in [4.69, 9.17) is 4.74 Å². The fourth-order valence-electron chi connectivity index (χ4n) is 6.58. The van der Waals surface area contributed by atoms with Gasteiger partial charge in [0.05, 0.1) is 18.7 Å². The maximum absolute atomic E-state index is 14.9. The van der Waals surface area contributed by atoms with Crippen LogP contribution in [0.25, 0.3) is 28.0 Å². The lowest BCUT2D eigenvalue weighted by molar-refractivity contribution is -0.143. The fourth-order valence-corrected chi connectivity index (χ4v) is 8.62. The molecule has 0 bridgehead atoms. The van der Waals surface area contributed by atoms with E-state index < -0.39 is 50.4 Å². The highest BCUT2D eigenvalue weighted by Gasteiger charge is 2.48. The van der Waals surface area contributed by atoms with Crippen molar-refractivity contribution in [3.8, 4) is 16.9 Å². The van der Waals surface area contributed by atoms with Crippen molar-refractivity contribution in [1.29, 1.82) is 0 Å². The molecule has 4 aromatic carbocycles. The summed E-state index contributed by atoms with van der Waals surface area (Å²) in [6.07, 6.45) is -3.65. The summed E-state index contributed by atoms with van der Waals surface area (Å²) < 4.78 is 78.9. The van der Waals surface area contributed by atoms with Crippen molar-refractivity contribution in [2.45, 2.75) is 43.2 Å². The first-order valence-corrected chi connectivity index (χ1v) is 16.7. The van der Waals surface area contributed by atoms with Gasteiger partial charge in [-0.15, -0.1) is 0 Å². The largest absolute Gasteiger partial charge is 0.497 e. The lowest BCUT2D eigenvalue weighted by atomic mass is 9.89. The number of halogens is 3. The van der Waals surface area contributed by atoms with E-state index in [1.807, 2.05) is 30.3 Å². The van der Waals surface area contributed by atoms with Crippen molar-refractivity contribution in [1.82, 2.24) is 8.87 Å². The van der Waals surface area contributed by atoms with Gasteiger partial charge in [0.25, 0.3) is 15.6 Å². The minimum absolute atomic E-state index is 0.0708. The van der Waals surface area contributed by atoms with Gasteiger partial charge >= 0.3 is 12.1 Å². The van der Waals surface area contributed by atoms with Crippen LogP contribution in [0.15, 0.2) is 107 Å². The number of aromatic nitrogens is 1. The number of rotatable bonds is 8. The predicted molar refractivity (Wildman–Crippen MR) is 180 cm³/mol. The lowest BCUT2D eigenvalue weighted by Gasteiger charge is -2.40. The van der Waals surface area contributed by atoms with Crippen molar-refractivity contribution in [3.63, 3.8) is 0 Å². The molecule has 1 aliphatic heterocycles. The summed E-state index contributed by atoms with van der Waals surface area (Å²) in [5.41, 5.74) is -1.16. The van der Waals surface area contributed by atoms with Gasteiger partial charge in [-0.1, -0.05) is 79.4 Å². The molecule has 2 atom stereocenters. The number of ether oxygens (including phenoxy) is 1. The molecule has 0 saturated heterocycles. The molecule has 0 saturated carbocycles. The Morgan fingerprint density at radius 2 is 1.67 bits per heavy atom. The number of nitrogens with zero attached hydrogens (tertiary/aromatic N) is 2. The molecule has 1 N–H and O–H groups in total. The third kappa shape index (κ3) is 5.91. The summed E-state index contributed by atoms with van der Waals surface area (Å²) in [5, 5.41) is 11.5. The molecule has 0 spiro atoms. The minimum atomic E-state index is -4.78. The van der Waals surface area contributed by atoms with Crippen LogP contribution >= 0.6 is 0 Å². The Balaban J connectivity index is 1.72. The molecule has 8 nitrogen and oxygen atoms in total. The molecule has 12 heteroatoms. The number of methoxy groups -OCH3 is 1. The van der Waals surface area contributed by atoms with E-state index in [9.17, 15) is 36.3 Å². The van der Waals surface area contributed by atoms with Crippen LogP contribution in [-0.2, 0) is 34.0 Å². The summed E-state index contributed by atoms with van der Waals surface area (Å²) in [6, 6.07) is 20.5. The molecular weight excluding hydrogens is 657 g/mol. The Hall–Kier alpha value is -5.20. The number of sulfonamides is 1. The first-order valence-electron chi connectivity index (χ1n) is 15.2. The summed E-state index contributed by atoms with van der Waals surface area (Å²) in [6.45, 7) is 4.90. The van der Waals surface area contributed by atoms with Crippen molar-refractivity contribution in [3.05, 3.63) is 136 Å². The molecule has 2 heterocycles. The molecule has 0 radical (unpaired) electrons. The molecule has 2 unspecified atom stereocenters. The predicted octanol–water partition coefficient (Wildman–Crippen LogP) is 7.15. The zero-order valence-corrected chi connectivity index (χ0v) is 27.3. The Morgan fingerprint density at radius 3 is 2.33 bits per heavy atom. The van der Waals surface area contributed by atoms with Gasteiger partial charge in [0, 0.05) is 17.7 Å². The molecule has 1 aromatic heterocycles. The Morgan fingerprint density at radius 1 is 1.00 bits per heavy atom. The van der Waals surface area contributed by atoms with Crippen LogP contribution in [0.4, 0.5) is 13.2 Å². The number of benzene rings is 4. The van der Waals surface area contributed by atoms with Gasteiger partial charge in [0.2, 0.25) is 0 Å². The van der Waals surface area contributed by atoms with E-state index in [0.717, 1.165) is 33.3 Å². The molecule has 0 aliphatic carbocycles. The van der Waals surface area contributed by atoms with Crippen LogP contribution in [0.3, 0.4) is 0 Å². The van der Waals surface area contributed by atoms with E-state index in [2.05, 4.69) is 6.58 Å². The molecule has 6 rings (SSSR count). The number of carboxylic acid groups (broad SMARTS) is 1. The lowest BCUT2D eigenvalue weighted by Crippen LogP contribution is -2.54. The smallest absolute Gasteiger partial charge is 0.416 e. The van der Waals surface area contributed by atoms with Crippen molar-refractivity contribution in [2.75, 3.05) is 7.11 Å². The minimum Gasteiger partial charge on any atom is -0.497 e. The van der Waals surface area contributed by atoms with Crippen molar-refractivity contribution in [2.24, 2.45) is 0 Å². The quantitative estimate of drug-likeness (QED) is 0.186. The summed E-state index contributed by atoms with van der Waals surface area (Å²) in [7, 11) is -3.28. The Labute approximate surface area is 280 Å². The zero-order valence-electron chi connectivity index (χ0n) is 26.4. The first-order chi connectivity index (χ1) is 23.3. The van der Waals surface area contributed by atoms with Gasteiger partial charge in [0.1, 0.15) is 5.75 Å². The average Bonchev–Trinajstić information content (AvgIpc) is 3.07. The summed E-state index contributed by atoms with van der Waals surface area (Å²) >= 11 is 0. The molecule has 5 aromatic rings. The fraction of sp³-hybridized carbons (Fsp3) is 0.189. The number of pyridine rings is 1. The third-order valence-corrected chi connectivity index (χ3v) is 10.9. The average molecular weight is 689 g/mol. The topological polar surface area (TPSA) is 106 Å². The van der Waals surface area contributed by atoms with Gasteiger partial charge in [0.15, 0.2) is 11.1 Å². The summed E-state index contributed by atoms with van der Waals surface area (Å²) in [4.78, 5) is 27.3. The first kappa shape index (κ1) is 33.7. The van der Waals surface area contributed by atoms with E-state index in [1.54, 1.807) is 36.4 Å². The van der Waals surface area contributed by atoms with Crippen LogP contribution in [0.5, 0.6) is 5.75 Å². The number of aliphatic carboxylic acids is 1. The number of alkyl halides is 3. The molecule has 252 valence electrons. The number of carboxylic acids is 1. The van der Waals surface area contributed by atoms with Crippen LogP contribution in [0.1, 0.15) is 40.8 Å². The van der Waals surface area contributed by atoms with Crippen LogP contribution in [-0.4, -0.2) is 41.5 Å². The monoisotopic (exact) mass is 688 g/mol. The van der Waals surface area contributed by atoms with E-state index >= 15 is 0 Å². The maximum atomic E-state index is 14.9. The number of carbonyl (C=O) groups is 1. The van der Waals surface area contributed by atoms with Gasteiger partial charge < -0.3 is 9.84 Å². The van der Waals surface area contributed by atoms with Crippen LogP contribution in [0, 0.1) is 0 Å². The number of hydrogen-bond donors (Lipinski definition) is 1. The van der Waals surface area contributed by atoms with Crippen LogP contribution < -0.4 is 10.3 Å². The second kappa shape index (κ2) is 12.7. The molecule has 0 amide bonds. The normalized spacial score (nSPS) is 17.4. The third-order valence-electron chi connectivity index (χ3n) is 8.93. The summed E-state index contributed by atoms with van der Waals surface area (Å²) in [5.74, 6) is -0.974.